The van der Waals surface area contributed by atoms with Crippen LogP contribution in [-0.4, -0.2) is 17.1 Å². The van der Waals surface area contributed by atoms with Gasteiger partial charge in [-0.2, -0.15) is 0 Å². The van der Waals surface area contributed by atoms with Crippen molar-refractivity contribution in [1.29, 1.82) is 0 Å². The molecule has 3 rings (SSSR count). The van der Waals surface area contributed by atoms with Crippen LogP contribution in [0.2, 0.25) is 0 Å². The molecule has 1 aliphatic carbocycles. The third-order valence-corrected chi connectivity index (χ3v) is 4.59. The van der Waals surface area contributed by atoms with Gasteiger partial charge in [-0.25, -0.2) is 0 Å². The second-order valence-electron chi connectivity index (χ2n) is 7.48. The first-order valence-corrected chi connectivity index (χ1v) is 14.9. The molecule has 1 unspecified atom stereocenters. The maximum atomic E-state index is 10.7. The Kier molecular flexibility index (Phi) is 7.97. The van der Waals surface area contributed by atoms with Crippen LogP contribution in [0.4, 0.5) is 0 Å². The third-order valence-electron chi connectivity index (χ3n) is 4.59. The maximum absolute atomic E-state index is 10.7. The second-order valence-corrected chi connectivity index (χ2v) is 11.2. The Morgan fingerprint density at radius 2 is 1.73 bits per heavy atom. The number of likely N-dealkylation sites (N-methyl/N-ethyl adjacent to an activating group) is 1. The Bertz CT molecular complexity index is 771. The minimum atomic E-state index is -0.826. The van der Waals surface area contributed by atoms with Crippen LogP contribution >= 0.6 is 17.0 Å². The molecule has 0 heterocycles. The molecule has 0 fully saturated rings. The van der Waals surface area contributed by atoms with Crippen molar-refractivity contribution in [3.63, 3.8) is 0 Å². The van der Waals surface area contributed by atoms with E-state index in [9.17, 15) is 5.11 Å². The Morgan fingerprint density at radius 1 is 1.08 bits per heavy atom. The number of para-hydroxylation sites is 1. The van der Waals surface area contributed by atoms with Crippen molar-refractivity contribution in [1.82, 2.24) is 4.90 Å². The van der Waals surface area contributed by atoms with Gasteiger partial charge in [-0.15, -0.1) is 0 Å². The van der Waals surface area contributed by atoms with Crippen LogP contribution in [0, 0.1) is 0 Å². The molecular formula is C21H25Cl2NOZr. The topological polar surface area (TPSA) is 23.5 Å². The zero-order chi connectivity index (χ0) is 19.3. The van der Waals surface area contributed by atoms with E-state index in [0.29, 0.717) is 5.75 Å². The first-order valence-electron chi connectivity index (χ1n) is 8.54. The predicted octanol–water partition coefficient (Wildman–Crippen LogP) is 6.27. The van der Waals surface area contributed by atoms with Crippen LogP contribution in [-0.2, 0) is 32.8 Å². The summed E-state index contributed by atoms with van der Waals surface area (Å²) in [5.41, 5.74) is 4.56. The van der Waals surface area contributed by atoms with E-state index in [1.807, 2.05) is 18.2 Å². The second kappa shape index (κ2) is 9.55. The van der Waals surface area contributed by atoms with E-state index in [0.717, 1.165) is 17.7 Å². The number of fused-ring (bicyclic) bond motifs is 1. The molecule has 0 saturated heterocycles. The molecule has 0 aromatic heterocycles. The molecular weight excluding hydrogens is 444 g/mol. The number of phenolic OH excluding ortho intramolecular Hbond substituents is 1. The number of nitrogens with zero attached hydrogens (tertiary/aromatic N) is 1. The molecule has 0 amide bonds. The van der Waals surface area contributed by atoms with Gasteiger partial charge < -0.3 is 5.11 Å². The van der Waals surface area contributed by atoms with Gasteiger partial charge >= 0.3 is 37.9 Å². The van der Waals surface area contributed by atoms with Gasteiger partial charge in [-0.3, -0.25) is 4.90 Å². The summed E-state index contributed by atoms with van der Waals surface area (Å²) in [6.07, 6.45) is 4.41. The summed E-state index contributed by atoms with van der Waals surface area (Å²) in [5.74, 6) is 0.433. The fourth-order valence-electron chi connectivity index (χ4n) is 3.31. The summed E-state index contributed by atoms with van der Waals surface area (Å²) in [5, 5.41) is 10.7. The van der Waals surface area contributed by atoms with E-state index >= 15 is 0 Å². The Morgan fingerprint density at radius 3 is 2.38 bits per heavy atom. The Hall–Kier alpha value is -0.597. The van der Waals surface area contributed by atoms with Crippen LogP contribution in [0.5, 0.6) is 5.75 Å². The average Bonchev–Trinajstić information content (AvgIpc) is 3.00. The minimum absolute atomic E-state index is 0.0570. The summed E-state index contributed by atoms with van der Waals surface area (Å²) in [6, 6.07) is 14.8. The third kappa shape index (κ3) is 5.23. The van der Waals surface area contributed by atoms with Crippen molar-refractivity contribution < 1.29 is 26.0 Å². The van der Waals surface area contributed by atoms with E-state index < -0.39 is 20.8 Å². The first-order chi connectivity index (χ1) is 12.3. The van der Waals surface area contributed by atoms with Crippen LogP contribution in [0.3, 0.4) is 0 Å². The summed E-state index contributed by atoms with van der Waals surface area (Å²) < 4.78 is 0. The van der Waals surface area contributed by atoms with E-state index in [1.54, 1.807) is 0 Å². The van der Waals surface area contributed by atoms with Gasteiger partial charge in [0.25, 0.3) is 0 Å². The normalized spacial score (nSPS) is 15.4. The molecule has 26 heavy (non-hydrogen) atoms. The predicted molar refractivity (Wildman–Crippen MR) is 108 cm³/mol. The fourth-order valence-corrected chi connectivity index (χ4v) is 3.31. The molecule has 0 saturated carbocycles. The molecule has 5 heteroatoms. The molecule has 1 N–H and O–H groups in total. The van der Waals surface area contributed by atoms with Gasteiger partial charge in [-0.05, 0) is 29.2 Å². The fraction of sp³-hybridized carbons (Fsp3) is 0.333. The molecule has 0 aliphatic heterocycles. The standard InChI is InChI=1S/C21H25NO.2ClH.Zr/c1-21(2,3)18-11-7-9-16(20(18)23)14-22(4)19-13-12-15-8-5-6-10-17(15)19;;;/h5-13,19,23H,14H2,1-4H3;2*1H;/q;;;+2/p-2. The van der Waals surface area contributed by atoms with E-state index in [1.165, 1.54) is 11.1 Å². The molecule has 0 spiro atoms. The van der Waals surface area contributed by atoms with E-state index in [4.69, 9.17) is 17.0 Å². The van der Waals surface area contributed by atoms with Crippen LogP contribution in [0.15, 0.2) is 48.5 Å². The Balaban J connectivity index is 0.000000758. The van der Waals surface area contributed by atoms with Crippen molar-refractivity contribution >= 4 is 23.1 Å². The summed E-state index contributed by atoms with van der Waals surface area (Å²) in [7, 11) is 12.0. The number of halogens is 2. The summed E-state index contributed by atoms with van der Waals surface area (Å²) in [6.45, 7) is 7.11. The first kappa shape index (κ1) is 21.7. The zero-order valence-electron chi connectivity index (χ0n) is 15.6. The average molecular weight is 470 g/mol. The van der Waals surface area contributed by atoms with Crippen LogP contribution in [0.1, 0.15) is 49.1 Å². The van der Waals surface area contributed by atoms with Crippen molar-refractivity contribution in [2.24, 2.45) is 0 Å². The van der Waals surface area contributed by atoms with E-state index in [2.05, 4.69) is 69.1 Å². The van der Waals surface area contributed by atoms with Crippen molar-refractivity contribution in [2.45, 2.75) is 38.8 Å². The molecule has 2 nitrogen and oxygen atoms in total. The molecule has 2 aromatic rings. The molecule has 138 valence electrons. The quantitative estimate of drug-likeness (QED) is 0.573. The molecule has 0 radical (unpaired) electrons. The molecule has 0 bridgehead atoms. The number of rotatable bonds is 3. The van der Waals surface area contributed by atoms with Gasteiger partial charge in [0.1, 0.15) is 5.75 Å². The van der Waals surface area contributed by atoms with E-state index in [-0.39, 0.29) is 11.5 Å². The number of hydrogen-bond acceptors (Lipinski definition) is 2. The van der Waals surface area contributed by atoms with Gasteiger partial charge in [0.05, 0.1) is 6.04 Å². The SMILES string of the molecule is CN(Cc1cccc(C(C)(C)C)c1O)C1C=Cc2ccccc21.[Cl][Zr][Cl]. The van der Waals surface area contributed by atoms with Crippen LogP contribution < -0.4 is 0 Å². The van der Waals surface area contributed by atoms with Crippen molar-refractivity contribution in [3.05, 3.63) is 70.8 Å². The summed E-state index contributed by atoms with van der Waals surface area (Å²) >= 11 is -0.826. The molecule has 1 atom stereocenters. The monoisotopic (exact) mass is 467 g/mol. The van der Waals surface area contributed by atoms with Gasteiger partial charge in [0.15, 0.2) is 0 Å². The number of hydrogen-bond donors (Lipinski definition) is 1. The van der Waals surface area contributed by atoms with Gasteiger partial charge in [0.2, 0.25) is 0 Å². The molecule has 1 aliphatic rings. The van der Waals surface area contributed by atoms with Crippen LogP contribution in [0.25, 0.3) is 6.08 Å². The van der Waals surface area contributed by atoms with Gasteiger partial charge in [-0.1, -0.05) is 75.4 Å². The summed E-state index contributed by atoms with van der Waals surface area (Å²) in [4.78, 5) is 2.28. The van der Waals surface area contributed by atoms with Crippen molar-refractivity contribution in [2.75, 3.05) is 7.05 Å². The zero-order valence-corrected chi connectivity index (χ0v) is 19.6. The number of phenols is 1. The molecule has 2 aromatic carbocycles. The van der Waals surface area contributed by atoms with Gasteiger partial charge in [0, 0.05) is 12.1 Å². The Labute approximate surface area is 175 Å². The number of aromatic hydroxyl groups is 1. The van der Waals surface area contributed by atoms with Crippen molar-refractivity contribution in [3.8, 4) is 5.75 Å². The number of benzene rings is 2.